The highest BCUT2D eigenvalue weighted by Gasteiger charge is 2.50. The van der Waals surface area contributed by atoms with Gasteiger partial charge in [-0.05, 0) is 38.0 Å². The molecule has 2 aliphatic heterocycles. The molecule has 2 aromatic rings. The first-order chi connectivity index (χ1) is 15.9. The van der Waals surface area contributed by atoms with Gasteiger partial charge in [0.25, 0.3) is 0 Å². The molecule has 0 aromatic heterocycles. The zero-order valence-corrected chi connectivity index (χ0v) is 20.8. The predicted molar refractivity (Wildman–Crippen MR) is 129 cm³/mol. The summed E-state index contributed by atoms with van der Waals surface area (Å²) in [6, 6.07) is 13.3. The quantitative estimate of drug-likeness (QED) is 0.702. The van der Waals surface area contributed by atoms with Gasteiger partial charge in [0.2, 0.25) is 5.91 Å². The van der Waals surface area contributed by atoms with Gasteiger partial charge < -0.3 is 10.0 Å². The monoisotopic (exact) mass is 470 g/mol. The summed E-state index contributed by atoms with van der Waals surface area (Å²) in [6.45, 7) is 12.1. The van der Waals surface area contributed by atoms with Crippen LogP contribution in [-0.2, 0) is 10.4 Å². The molecule has 184 valence electrons. The summed E-state index contributed by atoms with van der Waals surface area (Å²) in [5.74, 6) is -2.35. The highest BCUT2D eigenvalue weighted by molar-refractivity contribution is 5.81. The minimum Gasteiger partial charge on any atom is -0.384 e. The molecule has 0 spiro atoms. The van der Waals surface area contributed by atoms with Crippen LogP contribution in [0.3, 0.4) is 0 Å². The van der Waals surface area contributed by atoms with Crippen molar-refractivity contribution in [2.24, 2.45) is 17.8 Å². The van der Waals surface area contributed by atoms with Crippen LogP contribution >= 0.6 is 0 Å². The van der Waals surface area contributed by atoms with E-state index in [1.807, 2.05) is 49.1 Å². The van der Waals surface area contributed by atoms with Gasteiger partial charge in [-0.1, -0.05) is 50.2 Å². The lowest BCUT2D eigenvalue weighted by Crippen LogP contribution is -2.57. The Hall–Kier alpha value is -2.31. The van der Waals surface area contributed by atoms with Crippen LogP contribution in [0.4, 0.5) is 8.78 Å². The molecular formula is C28H36F2N2O2. The number of hydrogen-bond acceptors (Lipinski definition) is 3. The van der Waals surface area contributed by atoms with Gasteiger partial charge >= 0.3 is 0 Å². The molecule has 0 saturated carbocycles. The Morgan fingerprint density at radius 1 is 0.971 bits per heavy atom. The predicted octanol–water partition coefficient (Wildman–Crippen LogP) is 4.78. The molecule has 34 heavy (non-hydrogen) atoms. The van der Waals surface area contributed by atoms with Gasteiger partial charge in [-0.15, -0.1) is 0 Å². The lowest BCUT2D eigenvalue weighted by atomic mass is 9.70. The van der Waals surface area contributed by atoms with Gasteiger partial charge in [0, 0.05) is 55.5 Å². The number of halogens is 2. The van der Waals surface area contributed by atoms with Crippen LogP contribution in [0, 0.1) is 29.4 Å². The van der Waals surface area contributed by atoms with Gasteiger partial charge in [0.1, 0.15) is 11.6 Å². The zero-order valence-electron chi connectivity index (χ0n) is 20.8. The molecule has 1 N–H and O–H groups in total. The first-order valence-corrected chi connectivity index (χ1v) is 12.2. The number of rotatable bonds is 3. The van der Waals surface area contributed by atoms with Crippen LogP contribution in [0.15, 0.2) is 48.5 Å². The highest BCUT2D eigenvalue weighted by atomic mass is 19.1. The molecule has 2 saturated heterocycles. The molecule has 0 bridgehead atoms. The van der Waals surface area contributed by atoms with Crippen LogP contribution in [-0.4, -0.2) is 52.5 Å². The Morgan fingerprint density at radius 2 is 1.59 bits per heavy atom. The van der Waals surface area contributed by atoms with Crippen molar-refractivity contribution >= 4 is 5.91 Å². The van der Waals surface area contributed by atoms with E-state index >= 15 is 0 Å². The Balaban J connectivity index is 1.61. The highest BCUT2D eigenvalue weighted by Crippen LogP contribution is 2.43. The molecule has 2 fully saturated rings. The molecule has 2 aromatic carbocycles. The van der Waals surface area contributed by atoms with Crippen LogP contribution in [0.2, 0.25) is 0 Å². The van der Waals surface area contributed by atoms with Crippen molar-refractivity contribution in [1.82, 2.24) is 9.80 Å². The minimum atomic E-state index is -1.02. The number of hydrogen-bond donors (Lipinski definition) is 1. The van der Waals surface area contributed by atoms with Crippen molar-refractivity contribution in [3.05, 3.63) is 71.3 Å². The van der Waals surface area contributed by atoms with Gasteiger partial charge in [0.15, 0.2) is 0 Å². The van der Waals surface area contributed by atoms with Crippen molar-refractivity contribution in [1.29, 1.82) is 0 Å². The summed E-state index contributed by atoms with van der Waals surface area (Å²) in [5, 5.41) is 11.7. The first-order valence-electron chi connectivity index (χ1n) is 12.2. The second-order valence-electron chi connectivity index (χ2n) is 11.2. The smallest absolute Gasteiger partial charge is 0.227 e. The normalized spacial score (nSPS) is 30.5. The number of amides is 1. The Kier molecular flexibility index (Phi) is 6.60. The third-order valence-corrected chi connectivity index (χ3v) is 7.99. The number of nitrogens with zero attached hydrogens (tertiary/aromatic N) is 2. The minimum absolute atomic E-state index is 0.0192. The SMILES string of the molecule is CC1CN(C(=O)[C@@H]2CN(C(C)(C)C)C[C@H]2c2ccc(F)cc2F)CC(C)C1(O)c1ccccc1. The van der Waals surface area contributed by atoms with Crippen molar-refractivity contribution < 1.29 is 18.7 Å². The van der Waals surface area contributed by atoms with E-state index in [4.69, 9.17) is 0 Å². The Bertz CT molecular complexity index is 1020. The van der Waals surface area contributed by atoms with Gasteiger partial charge in [0.05, 0.1) is 11.5 Å². The third kappa shape index (κ3) is 4.38. The Morgan fingerprint density at radius 3 is 2.15 bits per heavy atom. The lowest BCUT2D eigenvalue weighted by Gasteiger charge is -2.48. The molecule has 4 rings (SSSR count). The largest absolute Gasteiger partial charge is 0.384 e. The third-order valence-electron chi connectivity index (χ3n) is 7.99. The molecule has 4 atom stereocenters. The van der Waals surface area contributed by atoms with Crippen LogP contribution < -0.4 is 0 Å². The summed E-state index contributed by atoms with van der Waals surface area (Å²) in [6.07, 6.45) is 0. The second-order valence-corrected chi connectivity index (χ2v) is 11.2. The number of benzene rings is 2. The molecule has 1 amide bonds. The van der Waals surface area contributed by atoms with Crippen molar-refractivity contribution in [3.8, 4) is 0 Å². The molecule has 0 aliphatic carbocycles. The number of likely N-dealkylation sites (tertiary alicyclic amines) is 2. The molecule has 6 heteroatoms. The summed E-state index contributed by atoms with van der Waals surface area (Å²) in [5.41, 5.74) is 0.0616. The summed E-state index contributed by atoms with van der Waals surface area (Å²) >= 11 is 0. The molecule has 0 radical (unpaired) electrons. The maximum Gasteiger partial charge on any atom is 0.227 e. The van der Waals surface area contributed by atoms with Crippen LogP contribution in [0.25, 0.3) is 0 Å². The van der Waals surface area contributed by atoms with Crippen molar-refractivity contribution in [2.75, 3.05) is 26.2 Å². The van der Waals surface area contributed by atoms with Gasteiger partial charge in [-0.2, -0.15) is 0 Å². The number of carbonyl (C=O) groups is 1. The number of piperidine rings is 1. The molecule has 4 nitrogen and oxygen atoms in total. The molecule has 2 heterocycles. The molecule has 2 unspecified atom stereocenters. The van der Waals surface area contributed by atoms with E-state index in [0.29, 0.717) is 31.7 Å². The van der Waals surface area contributed by atoms with E-state index in [2.05, 4.69) is 25.7 Å². The number of carbonyl (C=O) groups excluding carboxylic acids is 1. The average Bonchev–Trinajstić information content (AvgIpc) is 3.23. The van der Waals surface area contributed by atoms with Gasteiger partial charge in [-0.3, -0.25) is 9.69 Å². The zero-order chi connectivity index (χ0) is 24.8. The van der Waals surface area contributed by atoms with E-state index in [-0.39, 0.29) is 29.2 Å². The van der Waals surface area contributed by atoms with E-state index in [1.54, 1.807) is 0 Å². The van der Waals surface area contributed by atoms with E-state index in [0.717, 1.165) is 11.6 Å². The van der Waals surface area contributed by atoms with Crippen LogP contribution in [0.5, 0.6) is 0 Å². The maximum absolute atomic E-state index is 14.8. The first kappa shape index (κ1) is 24.8. The van der Waals surface area contributed by atoms with E-state index in [1.165, 1.54) is 12.1 Å². The fraction of sp³-hybridized carbons (Fsp3) is 0.536. The summed E-state index contributed by atoms with van der Waals surface area (Å²) in [7, 11) is 0. The van der Waals surface area contributed by atoms with Gasteiger partial charge in [-0.25, -0.2) is 8.78 Å². The summed E-state index contributed by atoms with van der Waals surface area (Å²) < 4.78 is 28.4. The summed E-state index contributed by atoms with van der Waals surface area (Å²) in [4.78, 5) is 17.9. The van der Waals surface area contributed by atoms with Crippen LogP contribution in [0.1, 0.15) is 51.7 Å². The maximum atomic E-state index is 14.8. The standard InChI is InChI=1S/C28H36F2N2O2/c1-18-14-31(15-19(2)28(18,34)20-9-7-6-8-10-20)26(33)24-17-32(27(3,4)5)16-23(24)22-12-11-21(29)13-25(22)30/h6-13,18-19,23-24,34H,14-17H2,1-5H3/t18?,19?,23-,24+,28?/m0/s1. The second kappa shape index (κ2) is 9.04. The average molecular weight is 471 g/mol. The number of aliphatic hydroxyl groups is 1. The Labute approximate surface area is 201 Å². The van der Waals surface area contributed by atoms with E-state index < -0.39 is 23.2 Å². The molecular weight excluding hydrogens is 434 g/mol. The topological polar surface area (TPSA) is 43.8 Å². The van der Waals surface area contributed by atoms with E-state index in [9.17, 15) is 18.7 Å². The lowest BCUT2D eigenvalue weighted by molar-refractivity contribution is -0.152. The van der Waals surface area contributed by atoms with Crippen molar-refractivity contribution in [2.45, 2.75) is 51.7 Å². The fourth-order valence-corrected chi connectivity index (χ4v) is 5.91. The molecule has 2 aliphatic rings. The van der Waals surface area contributed by atoms with Crippen molar-refractivity contribution in [3.63, 3.8) is 0 Å². The fourth-order valence-electron chi connectivity index (χ4n) is 5.91.